The fraction of sp³-hybridized carbons (Fsp3) is 0.462. The maximum atomic E-state index is 5.72. The number of piperazine rings is 1. The summed E-state index contributed by atoms with van der Waals surface area (Å²) in [5.41, 5.74) is 8.12. The van der Waals surface area contributed by atoms with Gasteiger partial charge in [-0.3, -0.25) is 0 Å². The van der Waals surface area contributed by atoms with Crippen molar-refractivity contribution in [3.63, 3.8) is 0 Å². The van der Waals surface area contributed by atoms with Crippen LogP contribution < -0.4 is 11.1 Å². The summed E-state index contributed by atoms with van der Waals surface area (Å²) in [4.78, 5) is 6.80. The lowest BCUT2D eigenvalue weighted by atomic mass is 10.1. The molecule has 2 heterocycles. The predicted molar refractivity (Wildman–Crippen MR) is 77.0 cm³/mol. The summed E-state index contributed by atoms with van der Waals surface area (Å²) >= 11 is 1.57. The van der Waals surface area contributed by atoms with Crippen LogP contribution >= 0.6 is 11.3 Å². The van der Waals surface area contributed by atoms with E-state index in [1.165, 1.54) is 10.3 Å². The summed E-state index contributed by atoms with van der Waals surface area (Å²) < 4.78 is 1.20. The molecule has 3 N–H and O–H groups in total. The molecule has 18 heavy (non-hydrogen) atoms. The molecule has 1 aromatic heterocycles. The first-order chi connectivity index (χ1) is 8.81. The molecule has 0 spiro atoms. The van der Waals surface area contributed by atoms with Gasteiger partial charge in [0.2, 0.25) is 0 Å². The summed E-state index contributed by atoms with van der Waals surface area (Å²) in [6, 6.07) is 6.48. The van der Waals surface area contributed by atoms with E-state index < -0.39 is 0 Å². The molecule has 0 atom stereocenters. The topological polar surface area (TPSA) is 54.2 Å². The highest BCUT2D eigenvalue weighted by atomic mass is 32.1. The second-order valence-electron chi connectivity index (χ2n) is 4.70. The second-order valence-corrected chi connectivity index (χ2v) is 5.76. The van der Waals surface area contributed by atoms with Crippen LogP contribution in [0.15, 0.2) is 18.2 Å². The Morgan fingerprint density at radius 3 is 3.00 bits per heavy atom. The van der Waals surface area contributed by atoms with Gasteiger partial charge < -0.3 is 16.0 Å². The van der Waals surface area contributed by atoms with Gasteiger partial charge in [0, 0.05) is 32.7 Å². The number of nitrogens with two attached hydrogens (primary N) is 1. The lowest BCUT2D eigenvalue weighted by Crippen LogP contribution is -2.44. The number of aromatic nitrogens is 1. The minimum absolute atomic E-state index is 0.657. The molecule has 3 rings (SSSR count). The number of nitrogen functional groups attached to an aromatic ring is 1. The van der Waals surface area contributed by atoms with Gasteiger partial charge in [-0.1, -0.05) is 17.4 Å². The smallest absolute Gasteiger partial charge is 0.181 e. The van der Waals surface area contributed by atoms with E-state index in [1.807, 2.05) is 0 Å². The highest BCUT2D eigenvalue weighted by Crippen LogP contribution is 2.24. The van der Waals surface area contributed by atoms with E-state index in [0.717, 1.165) is 44.7 Å². The minimum Gasteiger partial charge on any atom is -0.375 e. The van der Waals surface area contributed by atoms with Crippen molar-refractivity contribution in [2.24, 2.45) is 0 Å². The summed E-state index contributed by atoms with van der Waals surface area (Å²) in [5.74, 6) is 0. The van der Waals surface area contributed by atoms with Gasteiger partial charge in [-0.15, -0.1) is 0 Å². The molecule has 1 fully saturated rings. The van der Waals surface area contributed by atoms with E-state index in [2.05, 4.69) is 33.4 Å². The molecule has 1 aromatic carbocycles. The van der Waals surface area contributed by atoms with E-state index in [4.69, 9.17) is 5.73 Å². The zero-order chi connectivity index (χ0) is 12.4. The molecule has 5 heteroatoms. The van der Waals surface area contributed by atoms with Crippen molar-refractivity contribution in [3.05, 3.63) is 23.8 Å². The van der Waals surface area contributed by atoms with Crippen molar-refractivity contribution in [2.75, 3.05) is 38.5 Å². The third-order valence-corrected chi connectivity index (χ3v) is 4.24. The molecule has 96 valence electrons. The maximum Gasteiger partial charge on any atom is 0.181 e. The average molecular weight is 262 g/mol. The molecule has 1 aliphatic heterocycles. The first kappa shape index (κ1) is 11.9. The van der Waals surface area contributed by atoms with Crippen LogP contribution in [-0.2, 0) is 6.42 Å². The number of hydrogen-bond acceptors (Lipinski definition) is 5. The summed E-state index contributed by atoms with van der Waals surface area (Å²) in [7, 11) is 0. The van der Waals surface area contributed by atoms with E-state index in [9.17, 15) is 0 Å². The molecule has 1 aliphatic rings. The zero-order valence-corrected chi connectivity index (χ0v) is 11.2. The molecule has 0 unspecified atom stereocenters. The average Bonchev–Trinajstić information content (AvgIpc) is 2.77. The number of anilines is 1. The van der Waals surface area contributed by atoms with Crippen molar-refractivity contribution in [2.45, 2.75) is 6.42 Å². The van der Waals surface area contributed by atoms with Gasteiger partial charge in [0.1, 0.15) is 0 Å². The number of benzene rings is 1. The highest BCUT2D eigenvalue weighted by Gasteiger charge is 2.09. The van der Waals surface area contributed by atoms with Crippen molar-refractivity contribution in [1.82, 2.24) is 15.2 Å². The fourth-order valence-electron chi connectivity index (χ4n) is 2.36. The lowest BCUT2D eigenvalue weighted by Gasteiger charge is -2.27. The van der Waals surface area contributed by atoms with E-state index in [0.29, 0.717) is 5.13 Å². The Labute approximate surface area is 111 Å². The molecular formula is C13H18N4S. The molecule has 2 aromatic rings. The van der Waals surface area contributed by atoms with Crippen LogP contribution in [0.5, 0.6) is 0 Å². The highest BCUT2D eigenvalue weighted by molar-refractivity contribution is 7.22. The first-order valence-corrected chi connectivity index (χ1v) is 7.21. The van der Waals surface area contributed by atoms with Crippen LogP contribution in [0.1, 0.15) is 5.56 Å². The quantitative estimate of drug-likeness (QED) is 0.876. The van der Waals surface area contributed by atoms with Gasteiger partial charge in [-0.2, -0.15) is 0 Å². The molecular weight excluding hydrogens is 244 g/mol. The minimum atomic E-state index is 0.657. The molecule has 1 saturated heterocycles. The Hall–Kier alpha value is -1.17. The third-order valence-electron chi connectivity index (χ3n) is 3.40. The Kier molecular flexibility index (Phi) is 3.45. The second kappa shape index (κ2) is 5.22. The maximum absolute atomic E-state index is 5.72. The van der Waals surface area contributed by atoms with Gasteiger partial charge in [-0.25, -0.2) is 4.98 Å². The third kappa shape index (κ3) is 2.63. The van der Waals surface area contributed by atoms with Gasteiger partial charge >= 0.3 is 0 Å². The molecule has 0 amide bonds. The Bertz CT molecular complexity index is 531. The van der Waals surface area contributed by atoms with Crippen LogP contribution in [0.25, 0.3) is 10.2 Å². The zero-order valence-electron chi connectivity index (χ0n) is 10.4. The standard InChI is InChI=1S/C13H18N4S/c14-13-16-11-2-1-10(9-12(11)18-13)3-6-17-7-4-15-5-8-17/h1-2,9,15H,3-8H2,(H2,14,16). The van der Waals surface area contributed by atoms with Crippen LogP contribution in [-0.4, -0.2) is 42.6 Å². The van der Waals surface area contributed by atoms with Crippen molar-refractivity contribution >= 4 is 26.7 Å². The van der Waals surface area contributed by atoms with E-state index in [-0.39, 0.29) is 0 Å². The fourth-order valence-corrected chi connectivity index (χ4v) is 3.16. The number of nitrogens with zero attached hydrogens (tertiary/aromatic N) is 2. The van der Waals surface area contributed by atoms with E-state index in [1.54, 1.807) is 11.3 Å². The first-order valence-electron chi connectivity index (χ1n) is 6.39. The number of nitrogens with one attached hydrogen (secondary N) is 1. The summed E-state index contributed by atoms with van der Waals surface area (Å²) in [5, 5.41) is 4.03. The van der Waals surface area contributed by atoms with Crippen molar-refractivity contribution in [3.8, 4) is 0 Å². The Morgan fingerprint density at radius 2 is 2.17 bits per heavy atom. The molecule has 0 saturated carbocycles. The normalized spacial score (nSPS) is 17.3. The van der Waals surface area contributed by atoms with Crippen molar-refractivity contribution < 1.29 is 0 Å². The SMILES string of the molecule is Nc1nc2ccc(CCN3CCNCC3)cc2s1. The van der Waals surface area contributed by atoms with Crippen LogP contribution in [0.4, 0.5) is 5.13 Å². The van der Waals surface area contributed by atoms with Crippen LogP contribution in [0.2, 0.25) is 0 Å². The van der Waals surface area contributed by atoms with Gasteiger partial charge in [0.05, 0.1) is 10.2 Å². The summed E-state index contributed by atoms with van der Waals surface area (Å²) in [6.45, 7) is 5.70. The molecule has 0 aliphatic carbocycles. The van der Waals surface area contributed by atoms with Crippen molar-refractivity contribution in [1.29, 1.82) is 0 Å². The molecule has 4 nitrogen and oxygen atoms in total. The molecule has 0 bridgehead atoms. The Balaban J connectivity index is 1.66. The number of fused-ring (bicyclic) bond motifs is 1. The predicted octanol–water partition coefficient (Wildman–Crippen LogP) is 1.33. The molecule has 0 radical (unpaired) electrons. The number of thiazole rings is 1. The van der Waals surface area contributed by atoms with Gasteiger partial charge in [0.25, 0.3) is 0 Å². The van der Waals surface area contributed by atoms with Gasteiger partial charge in [-0.05, 0) is 24.1 Å². The monoisotopic (exact) mass is 262 g/mol. The lowest BCUT2D eigenvalue weighted by molar-refractivity contribution is 0.244. The van der Waals surface area contributed by atoms with Crippen LogP contribution in [0, 0.1) is 0 Å². The summed E-state index contributed by atoms with van der Waals surface area (Å²) in [6.07, 6.45) is 1.10. The largest absolute Gasteiger partial charge is 0.375 e. The van der Waals surface area contributed by atoms with Gasteiger partial charge in [0.15, 0.2) is 5.13 Å². The van der Waals surface area contributed by atoms with E-state index >= 15 is 0 Å². The van der Waals surface area contributed by atoms with Crippen LogP contribution in [0.3, 0.4) is 0 Å². The number of rotatable bonds is 3. The number of hydrogen-bond donors (Lipinski definition) is 2. The Morgan fingerprint density at radius 1 is 1.33 bits per heavy atom.